The smallest absolute Gasteiger partial charge is 0.345 e. The van der Waals surface area contributed by atoms with Crippen LogP contribution in [-0.4, -0.2) is 23.7 Å². The molecule has 0 saturated heterocycles. The van der Waals surface area contributed by atoms with Gasteiger partial charge < -0.3 is 9.84 Å². The maximum atomic E-state index is 10.7. The molecule has 0 bridgehead atoms. The number of carboxylic acids is 1. The second-order valence-electron chi connectivity index (χ2n) is 1.55. The zero-order chi connectivity index (χ0) is 8.85. The molecular weight excluding hydrogens is 216 g/mol. The molecule has 4 nitrogen and oxygen atoms in total. The molecular formula is C6H7BrO4. The SMILES string of the molecule is CCOC(=O)C(Br)=CC(=O)O. The van der Waals surface area contributed by atoms with Crippen molar-refractivity contribution in [1.82, 2.24) is 0 Å². The van der Waals surface area contributed by atoms with E-state index in [1.54, 1.807) is 6.92 Å². The Balaban J connectivity index is 4.12. The third kappa shape index (κ3) is 4.55. The van der Waals surface area contributed by atoms with Crippen molar-refractivity contribution in [1.29, 1.82) is 0 Å². The van der Waals surface area contributed by atoms with E-state index in [2.05, 4.69) is 20.7 Å². The molecule has 1 N–H and O–H groups in total. The van der Waals surface area contributed by atoms with Gasteiger partial charge in [-0.05, 0) is 22.9 Å². The van der Waals surface area contributed by atoms with Gasteiger partial charge in [0.25, 0.3) is 0 Å². The van der Waals surface area contributed by atoms with Crippen molar-refractivity contribution in [3.8, 4) is 0 Å². The van der Waals surface area contributed by atoms with E-state index in [-0.39, 0.29) is 11.1 Å². The normalized spacial score (nSPS) is 10.9. The number of carbonyl (C=O) groups is 2. The standard InChI is InChI=1S/C6H7BrO4/c1-2-11-6(10)4(7)3-5(8)9/h3H,2H2,1H3,(H,8,9). The fourth-order valence-corrected chi connectivity index (χ4v) is 0.678. The molecule has 0 amide bonds. The van der Waals surface area contributed by atoms with E-state index in [0.29, 0.717) is 0 Å². The lowest BCUT2D eigenvalue weighted by Gasteiger charge is -1.97. The Labute approximate surface area is 72.0 Å². The second kappa shape index (κ2) is 4.90. The van der Waals surface area contributed by atoms with Gasteiger partial charge in [-0.3, -0.25) is 0 Å². The monoisotopic (exact) mass is 222 g/mol. The largest absolute Gasteiger partial charge is 0.478 e. The summed E-state index contributed by atoms with van der Waals surface area (Å²) in [5, 5.41) is 8.19. The lowest BCUT2D eigenvalue weighted by atomic mass is 10.5. The Hall–Kier alpha value is -0.840. The molecule has 0 heterocycles. The highest BCUT2D eigenvalue weighted by Gasteiger charge is 2.07. The Morgan fingerprint density at radius 2 is 2.18 bits per heavy atom. The molecule has 0 rings (SSSR count). The van der Waals surface area contributed by atoms with Gasteiger partial charge in [0.2, 0.25) is 0 Å². The topological polar surface area (TPSA) is 63.6 Å². The number of ether oxygens (including phenoxy) is 1. The predicted molar refractivity (Wildman–Crippen MR) is 41.3 cm³/mol. The van der Waals surface area contributed by atoms with Gasteiger partial charge in [0.1, 0.15) is 4.48 Å². The number of carboxylic acid groups (broad SMARTS) is 1. The highest BCUT2D eigenvalue weighted by Crippen LogP contribution is 2.06. The van der Waals surface area contributed by atoms with Crippen LogP contribution in [0.3, 0.4) is 0 Å². The first-order valence-corrected chi connectivity index (χ1v) is 3.64. The van der Waals surface area contributed by atoms with E-state index >= 15 is 0 Å². The fraction of sp³-hybridized carbons (Fsp3) is 0.333. The third-order valence-corrected chi connectivity index (χ3v) is 1.27. The van der Waals surface area contributed by atoms with Crippen molar-refractivity contribution in [2.24, 2.45) is 0 Å². The lowest BCUT2D eigenvalue weighted by Crippen LogP contribution is -2.04. The molecule has 0 saturated carbocycles. The second-order valence-corrected chi connectivity index (χ2v) is 2.41. The van der Waals surface area contributed by atoms with Gasteiger partial charge in [-0.15, -0.1) is 0 Å². The zero-order valence-corrected chi connectivity index (χ0v) is 7.42. The van der Waals surface area contributed by atoms with Crippen LogP contribution in [0.1, 0.15) is 6.92 Å². The summed E-state index contributed by atoms with van der Waals surface area (Å²) >= 11 is 2.75. The molecule has 62 valence electrons. The minimum Gasteiger partial charge on any atom is -0.478 e. The summed E-state index contributed by atoms with van der Waals surface area (Å²) in [7, 11) is 0. The summed E-state index contributed by atoms with van der Waals surface area (Å²) in [4.78, 5) is 20.7. The zero-order valence-electron chi connectivity index (χ0n) is 5.83. The van der Waals surface area contributed by atoms with Crippen molar-refractivity contribution >= 4 is 27.9 Å². The van der Waals surface area contributed by atoms with Crippen molar-refractivity contribution < 1.29 is 19.4 Å². The predicted octanol–water partition coefficient (Wildman–Crippen LogP) is 0.913. The van der Waals surface area contributed by atoms with Crippen LogP contribution in [0.25, 0.3) is 0 Å². The highest BCUT2D eigenvalue weighted by atomic mass is 79.9. The van der Waals surface area contributed by atoms with Gasteiger partial charge in [-0.2, -0.15) is 0 Å². The first kappa shape index (κ1) is 10.2. The van der Waals surface area contributed by atoms with Gasteiger partial charge in [0, 0.05) is 6.08 Å². The maximum absolute atomic E-state index is 10.7. The van der Waals surface area contributed by atoms with E-state index in [0.717, 1.165) is 6.08 Å². The Bertz CT molecular complexity index is 197. The van der Waals surface area contributed by atoms with Crippen LogP contribution in [-0.2, 0) is 14.3 Å². The van der Waals surface area contributed by atoms with Crippen molar-refractivity contribution in [2.45, 2.75) is 6.92 Å². The number of carbonyl (C=O) groups excluding carboxylic acids is 1. The molecule has 0 unspecified atom stereocenters. The molecule has 0 aromatic heterocycles. The number of halogens is 1. The van der Waals surface area contributed by atoms with E-state index < -0.39 is 11.9 Å². The van der Waals surface area contributed by atoms with E-state index in [9.17, 15) is 9.59 Å². The van der Waals surface area contributed by atoms with E-state index in [1.165, 1.54) is 0 Å². The molecule has 5 heteroatoms. The molecule has 0 aromatic carbocycles. The van der Waals surface area contributed by atoms with Gasteiger partial charge in [0.05, 0.1) is 6.61 Å². The van der Waals surface area contributed by atoms with E-state index in [4.69, 9.17) is 5.11 Å². The molecule has 0 atom stereocenters. The van der Waals surface area contributed by atoms with Crippen LogP contribution in [0.4, 0.5) is 0 Å². The summed E-state index contributed by atoms with van der Waals surface area (Å²) in [5.74, 6) is -1.86. The summed E-state index contributed by atoms with van der Waals surface area (Å²) in [6, 6.07) is 0. The van der Waals surface area contributed by atoms with Crippen molar-refractivity contribution in [2.75, 3.05) is 6.61 Å². The third-order valence-electron chi connectivity index (χ3n) is 0.721. The minimum atomic E-state index is -1.19. The first-order valence-electron chi connectivity index (χ1n) is 2.85. The summed E-state index contributed by atoms with van der Waals surface area (Å²) in [5.41, 5.74) is 0. The number of hydrogen-bond acceptors (Lipinski definition) is 3. The summed E-state index contributed by atoms with van der Waals surface area (Å²) in [6.45, 7) is 1.86. The highest BCUT2D eigenvalue weighted by molar-refractivity contribution is 9.12. The van der Waals surface area contributed by atoms with Crippen LogP contribution in [0.15, 0.2) is 10.6 Å². The molecule has 11 heavy (non-hydrogen) atoms. The van der Waals surface area contributed by atoms with Crippen molar-refractivity contribution in [3.05, 3.63) is 10.6 Å². The molecule has 0 radical (unpaired) electrons. The molecule has 0 aromatic rings. The molecule has 0 aliphatic rings. The van der Waals surface area contributed by atoms with Gasteiger partial charge in [-0.1, -0.05) is 0 Å². The van der Waals surface area contributed by atoms with Crippen LogP contribution < -0.4 is 0 Å². The number of hydrogen-bond donors (Lipinski definition) is 1. The van der Waals surface area contributed by atoms with Crippen LogP contribution in [0.2, 0.25) is 0 Å². The number of esters is 1. The van der Waals surface area contributed by atoms with Gasteiger partial charge >= 0.3 is 11.9 Å². The first-order chi connectivity index (χ1) is 5.07. The average Bonchev–Trinajstić information content (AvgIpc) is 1.86. The number of rotatable bonds is 3. The fourth-order valence-electron chi connectivity index (χ4n) is 0.367. The molecule has 0 aliphatic heterocycles. The van der Waals surface area contributed by atoms with E-state index in [1.807, 2.05) is 0 Å². The average molecular weight is 223 g/mol. The summed E-state index contributed by atoms with van der Waals surface area (Å²) < 4.78 is 4.40. The molecule has 0 spiro atoms. The van der Waals surface area contributed by atoms with Crippen LogP contribution >= 0.6 is 15.9 Å². The number of aliphatic carboxylic acids is 1. The Kier molecular flexibility index (Phi) is 4.52. The van der Waals surface area contributed by atoms with Crippen molar-refractivity contribution in [3.63, 3.8) is 0 Å². The molecule has 0 aliphatic carbocycles. The summed E-state index contributed by atoms with van der Waals surface area (Å²) in [6.07, 6.45) is 0.734. The minimum absolute atomic E-state index is 0.0909. The van der Waals surface area contributed by atoms with Crippen LogP contribution in [0, 0.1) is 0 Å². The van der Waals surface area contributed by atoms with Gasteiger partial charge in [0.15, 0.2) is 0 Å². The lowest BCUT2D eigenvalue weighted by molar-refractivity contribution is -0.138. The molecule has 0 fully saturated rings. The maximum Gasteiger partial charge on any atom is 0.345 e. The Morgan fingerprint density at radius 1 is 1.64 bits per heavy atom. The quantitative estimate of drug-likeness (QED) is 0.570. The Morgan fingerprint density at radius 3 is 2.55 bits per heavy atom. The van der Waals surface area contributed by atoms with Gasteiger partial charge in [-0.25, -0.2) is 9.59 Å². The van der Waals surface area contributed by atoms with Crippen LogP contribution in [0.5, 0.6) is 0 Å².